The van der Waals surface area contributed by atoms with Crippen LogP contribution in [0, 0.1) is 0 Å². The van der Waals surface area contributed by atoms with Gasteiger partial charge in [0.1, 0.15) is 5.82 Å². The summed E-state index contributed by atoms with van der Waals surface area (Å²) in [5, 5.41) is 2.96. The molecule has 3 rings (SSSR count). The Morgan fingerprint density at radius 1 is 1.37 bits per heavy atom. The van der Waals surface area contributed by atoms with Gasteiger partial charge in [0.15, 0.2) is 0 Å². The van der Waals surface area contributed by atoms with Crippen molar-refractivity contribution in [1.82, 2.24) is 14.9 Å². The van der Waals surface area contributed by atoms with Crippen molar-refractivity contribution in [2.45, 2.75) is 31.8 Å². The van der Waals surface area contributed by atoms with Crippen molar-refractivity contribution in [2.75, 3.05) is 30.4 Å². The van der Waals surface area contributed by atoms with E-state index < -0.39 is 0 Å². The summed E-state index contributed by atoms with van der Waals surface area (Å²) in [7, 11) is 1.82. The van der Waals surface area contributed by atoms with Gasteiger partial charge in [0.2, 0.25) is 11.9 Å². The summed E-state index contributed by atoms with van der Waals surface area (Å²) >= 11 is 0. The van der Waals surface area contributed by atoms with E-state index in [2.05, 4.69) is 25.1 Å². The zero-order valence-corrected chi connectivity index (χ0v) is 11.3. The number of amides is 1. The molecule has 2 saturated heterocycles. The first-order valence-electron chi connectivity index (χ1n) is 6.73. The molecule has 0 saturated carbocycles. The molecule has 2 fully saturated rings. The molecule has 102 valence electrons. The molecule has 1 aromatic heterocycles. The zero-order chi connectivity index (χ0) is 13.4. The maximum absolute atomic E-state index is 11.7. The molecule has 1 N–H and O–H groups in total. The number of nitrogens with zero attached hydrogens (tertiary/aromatic N) is 4. The van der Waals surface area contributed by atoms with E-state index in [4.69, 9.17) is 0 Å². The molecule has 1 amide bonds. The number of carbonyl (C=O) groups excluding carboxylic acids is 1. The molecule has 6 nitrogen and oxygen atoms in total. The van der Waals surface area contributed by atoms with Gasteiger partial charge in [-0.1, -0.05) is 0 Å². The van der Waals surface area contributed by atoms with Crippen LogP contribution in [-0.4, -0.2) is 53.0 Å². The molecule has 6 heteroatoms. The van der Waals surface area contributed by atoms with Gasteiger partial charge >= 0.3 is 0 Å². The van der Waals surface area contributed by atoms with Crippen molar-refractivity contribution in [3.63, 3.8) is 0 Å². The number of anilines is 2. The molecule has 0 aliphatic carbocycles. The van der Waals surface area contributed by atoms with Gasteiger partial charge in [-0.15, -0.1) is 0 Å². The Kier molecular flexibility index (Phi) is 3.00. The normalized spacial score (nSPS) is 25.6. The van der Waals surface area contributed by atoms with E-state index in [1.54, 1.807) is 13.1 Å². The lowest BCUT2D eigenvalue weighted by atomic mass is 10.2. The average Bonchev–Trinajstić information content (AvgIpc) is 2.70. The lowest BCUT2D eigenvalue weighted by molar-refractivity contribution is -0.132. The number of hydrogen-bond donors (Lipinski definition) is 1. The Balaban J connectivity index is 1.80. The largest absolute Gasteiger partial charge is 0.357 e. The Labute approximate surface area is 112 Å². The minimum absolute atomic E-state index is 0.200. The second-order valence-electron chi connectivity index (χ2n) is 5.20. The highest BCUT2D eigenvalue weighted by atomic mass is 16.2. The van der Waals surface area contributed by atoms with Crippen LogP contribution in [0.15, 0.2) is 12.3 Å². The second-order valence-corrected chi connectivity index (χ2v) is 5.20. The molecule has 2 atom stereocenters. The molecule has 19 heavy (non-hydrogen) atoms. The fourth-order valence-electron chi connectivity index (χ4n) is 3.25. The van der Waals surface area contributed by atoms with Gasteiger partial charge in [0.25, 0.3) is 0 Å². The highest BCUT2D eigenvalue weighted by Crippen LogP contribution is 2.32. The summed E-state index contributed by atoms with van der Waals surface area (Å²) in [5.41, 5.74) is 0. The van der Waals surface area contributed by atoms with Crippen LogP contribution < -0.4 is 10.2 Å². The van der Waals surface area contributed by atoms with E-state index in [1.165, 1.54) is 0 Å². The summed E-state index contributed by atoms with van der Waals surface area (Å²) < 4.78 is 0. The van der Waals surface area contributed by atoms with E-state index in [0.717, 1.165) is 31.7 Å². The fourth-order valence-corrected chi connectivity index (χ4v) is 3.25. The minimum atomic E-state index is 0.200. The van der Waals surface area contributed by atoms with Gasteiger partial charge in [0.05, 0.1) is 0 Å². The molecule has 1 aromatic rings. The van der Waals surface area contributed by atoms with E-state index in [0.29, 0.717) is 18.0 Å². The average molecular weight is 261 g/mol. The molecule has 2 bridgehead atoms. The molecule has 0 radical (unpaired) electrons. The third kappa shape index (κ3) is 2.11. The van der Waals surface area contributed by atoms with Crippen molar-refractivity contribution in [1.29, 1.82) is 0 Å². The van der Waals surface area contributed by atoms with Gasteiger partial charge in [-0.25, -0.2) is 4.98 Å². The van der Waals surface area contributed by atoms with E-state index in [1.807, 2.05) is 13.1 Å². The van der Waals surface area contributed by atoms with E-state index >= 15 is 0 Å². The van der Waals surface area contributed by atoms with Crippen molar-refractivity contribution in [2.24, 2.45) is 0 Å². The van der Waals surface area contributed by atoms with Crippen LogP contribution in [0.2, 0.25) is 0 Å². The first-order chi connectivity index (χ1) is 9.19. The van der Waals surface area contributed by atoms with Gasteiger partial charge < -0.3 is 15.1 Å². The van der Waals surface area contributed by atoms with Crippen molar-refractivity contribution >= 4 is 17.7 Å². The predicted molar refractivity (Wildman–Crippen MR) is 73.1 cm³/mol. The topological polar surface area (TPSA) is 61.4 Å². The Bertz CT molecular complexity index is 478. The predicted octanol–water partition coefficient (Wildman–Crippen LogP) is 0.718. The molecule has 0 spiro atoms. The number of hydrogen-bond acceptors (Lipinski definition) is 5. The zero-order valence-electron chi connectivity index (χ0n) is 11.3. The van der Waals surface area contributed by atoms with Gasteiger partial charge in [-0.3, -0.25) is 4.79 Å². The van der Waals surface area contributed by atoms with Gasteiger partial charge in [-0.2, -0.15) is 4.98 Å². The molecular weight excluding hydrogens is 242 g/mol. The summed E-state index contributed by atoms with van der Waals surface area (Å²) in [4.78, 5) is 24.6. The van der Waals surface area contributed by atoms with Crippen LogP contribution in [0.25, 0.3) is 0 Å². The maximum atomic E-state index is 11.7. The lowest BCUT2D eigenvalue weighted by Gasteiger charge is -2.41. The first-order valence-corrected chi connectivity index (χ1v) is 6.73. The molecule has 0 unspecified atom stereocenters. The first kappa shape index (κ1) is 12.2. The number of piperazine rings is 1. The van der Waals surface area contributed by atoms with Crippen LogP contribution >= 0.6 is 0 Å². The number of carbonyl (C=O) groups is 1. The van der Waals surface area contributed by atoms with Crippen molar-refractivity contribution < 1.29 is 4.79 Å². The van der Waals surface area contributed by atoms with Crippen molar-refractivity contribution in [3.05, 3.63) is 12.3 Å². The highest BCUT2D eigenvalue weighted by molar-refractivity contribution is 5.75. The molecule has 2 aliphatic heterocycles. The molecule has 0 aromatic carbocycles. The van der Waals surface area contributed by atoms with E-state index in [-0.39, 0.29) is 5.91 Å². The number of nitrogens with one attached hydrogen (secondary N) is 1. The van der Waals surface area contributed by atoms with Gasteiger partial charge in [-0.05, 0) is 18.9 Å². The number of rotatable bonds is 2. The van der Waals surface area contributed by atoms with Crippen LogP contribution in [0.4, 0.5) is 11.8 Å². The summed E-state index contributed by atoms with van der Waals surface area (Å²) in [6, 6.07) is 2.61. The lowest BCUT2D eigenvalue weighted by Crippen LogP contribution is -2.55. The van der Waals surface area contributed by atoms with Crippen LogP contribution in [-0.2, 0) is 4.79 Å². The second kappa shape index (κ2) is 4.68. The third-order valence-corrected chi connectivity index (χ3v) is 4.03. The molecule has 3 heterocycles. The minimum Gasteiger partial charge on any atom is -0.357 e. The Hall–Kier alpha value is -1.85. The van der Waals surface area contributed by atoms with Crippen LogP contribution in [0.1, 0.15) is 19.8 Å². The molecular formula is C13H19N5O. The maximum Gasteiger partial charge on any atom is 0.224 e. The highest BCUT2D eigenvalue weighted by Gasteiger charge is 2.41. The Morgan fingerprint density at radius 3 is 2.63 bits per heavy atom. The number of fused-ring (bicyclic) bond motifs is 2. The number of aromatic nitrogens is 2. The quantitative estimate of drug-likeness (QED) is 0.850. The third-order valence-electron chi connectivity index (χ3n) is 4.03. The van der Waals surface area contributed by atoms with Gasteiger partial charge in [0, 0.05) is 45.3 Å². The standard InChI is InChI=1S/C13H19N5O/c1-9(19)18-10-3-4-11(18)8-17(7-10)12-5-6-15-13(14-2)16-12/h5-6,10-11H,3-4,7-8H2,1-2H3,(H,14,15,16)/t10-,11+. The monoisotopic (exact) mass is 261 g/mol. The van der Waals surface area contributed by atoms with Crippen LogP contribution in [0.3, 0.4) is 0 Å². The SMILES string of the molecule is CNc1nccc(N2C[C@H]3CC[C@@H](C2)N3C(C)=O)n1. The summed E-state index contributed by atoms with van der Waals surface area (Å²) in [5.74, 6) is 1.78. The van der Waals surface area contributed by atoms with E-state index in [9.17, 15) is 4.79 Å². The van der Waals surface area contributed by atoms with Crippen molar-refractivity contribution in [3.8, 4) is 0 Å². The summed E-state index contributed by atoms with van der Waals surface area (Å²) in [6.07, 6.45) is 3.98. The molecule has 2 aliphatic rings. The Morgan fingerprint density at radius 2 is 2.05 bits per heavy atom. The van der Waals surface area contributed by atoms with Crippen LogP contribution in [0.5, 0.6) is 0 Å². The fraction of sp³-hybridized carbons (Fsp3) is 0.615. The smallest absolute Gasteiger partial charge is 0.224 e. The summed E-state index contributed by atoms with van der Waals surface area (Å²) in [6.45, 7) is 3.41.